The first-order chi connectivity index (χ1) is 13.0. The van der Waals surface area contributed by atoms with E-state index >= 15 is 0 Å². The number of furan rings is 1. The molecular weight excluding hydrogens is 360 g/mol. The zero-order valence-corrected chi connectivity index (χ0v) is 16.4. The fraction of sp³-hybridized carbons (Fsp3) is 0.429. The first-order valence-corrected chi connectivity index (χ1v) is 10.3. The van der Waals surface area contributed by atoms with Gasteiger partial charge in [0.05, 0.1) is 0 Å². The van der Waals surface area contributed by atoms with Crippen molar-refractivity contribution in [3.63, 3.8) is 0 Å². The average molecular weight is 385 g/mol. The molecule has 6 heteroatoms. The Morgan fingerprint density at radius 3 is 2.41 bits per heavy atom. The van der Waals surface area contributed by atoms with Gasteiger partial charge in [-0.2, -0.15) is 0 Å². The van der Waals surface area contributed by atoms with E-state index in [0.717, 1.165) is 18.0 Å². The summed E-state index contributed by atoms with van der Waals surface area (Å²) in [5.74, 6) is 0.864. The molecule has 5 rings (SSSR count). The van der Waals surface area contributed by atoms with E-state index < -0.39 is 0 Å². The van der Waals surface area contributed by atoms with E-state index in [2.05, 4.69) is 17.1 Å². The van der Waals surface area contributed by atoms with Crippen LogP contribution in [0, 0.1) is 5.92 Å². The first kappa shape index (κ1) is 18.3. The molecule has 1 aromatic carbocycles. The highest BCUT2D eigenvalue weighted by Crippen LogP contribution is 2.33. The number of hydrogen-bond acceptors (Lipinski definition) is 5. The van der Waals surface area contributed by atoms with Crippen molar-refractivity contribution in [3.05, 3.63) is 47.7 Å². The molecule has 0 spiro atoms. The Kier molecular flexibility index (Phi) is 5.10. The topological polar surface area (TPSA) is 62.6 Å². The van der Waals surface area contributed by atoms with Crippen molar-refractivity contribution >= 4 is 23.5 Å². The minimum Gasteiger partial charge on any atom is -0.446 e. The van der Waals surface area contributed by atoms with Crippen LogP contribution in [0.5, 0.6) is 0 Å². The van der Waals surface area contributed by atoms with Gasteiger partial charge in [-0.05, 0) is 75.2 Å². The number of Topliss-reactive ketones (excluding diaryl/α,β-unsaturated/α-hetero) is 1. The standard InChI is InChI=1S/C21H24N2O3S/c1-13-20(15-9-11-23(13)12-10-15)22-21(25)16-3-5-17(6-4-16)27-19-8-7-18(26-19)14(2)24/h3-8,13,15,20H,9-12H2,1-2H3,(H,22,25)/t13-,20-/m0/s1. The Balaban J connectivity index is 1.39. The van der Waals surface area contributed by atoms with Gasteiger partial charge in [-0.25, -0.2) is 0 Å². The maximum atomic E-state index is 12.7. The quantitative estimate of drug-likeness (QED) is 0.794. The summed E-state index contributed by atoms with van der Waals surface area (Å²) in [5, 5.41) is 3.92. The highest BCUT2D eigenvalue weighted by molar-refractivity contribution is 7.99. The predicted molar refractivity (Wildman–Crippen MR) is 104 cm³/mol. The monoisotopic (exact) mass is 384 g/mol. The Morgan fingerprint density at radius 1 is 1.11 bits per heavy atom. The van der Waals surface area contributed by atoms with E-state index in [1.807, 2.05) is 24.3 Å². The molecule has 3 aliphatic heterocycles. The molecule has 1 N–H and O–H groups in total. The predicted octanol–water partition coefficient (Wildman–Crippen LogP) is 3.85. The van der Waals surface area contributed by atoms with Gasteiger partial charge < -0.3 is 9.73 Å². The van der Waals surface area contributed by atoms with Gasteiger partial charge in [0.15, 0.2) is 16.6 Å². The van der Waals surface area contributed by atoms with Crippen LogP contribution in [0.3, 0.4) is 0 Å². The van der Waals surface area contributed by atoms with Gasteiger partial charge in [0, 0.05) is 29.5 Å². The normalized spacial score (nSPS) is 26.7. The lowest BCUT2D eigenvalue weighted by atomic mass is 9.79. The van der Waals surface area contributed by atoms with Crippen LogP contribution < -0.4 is 5.32 Å². The average Bonchev–Trinajstić information content (AvgIpc) is 3.14. The van der Waals surface area contributed by atoms with Gasteiger partial charge in [0.2, 0.25) is 0 Å². The van der Waals surface area contributed by atoms with Crippen LogP contribution >= 0.6 is 11.8 Å². The number of nitrogens with zero attached hydrogens (tertiary/aromatic N) is 1. The summed E-state index contributed by atoms with van der Waals surface area (Å²) in [7, 11) is 0. The third kappa shape index (κ3) is 3.82. The zero-order valence-electron chi connectivity index (χ0n) is 15.6. The largest absolute Gasteiger partial charge is 0.446 e. The van der Waals surface area contributed by atoms with E-state index in [4.69, 9.17) is 4.42 Å². The van der Waals surface area contributed by atoms with E-state index in [9.17, 15) is 9.59 Å². The molecule has 27 heavy (non-hydrogen) atoms. The van der Waals surface area contributed by atoms with E-state index in [1.54, 1.807) is 12.1 Å². The number of hydrogen-bond donors (Lipinski definition) is 1. The van der Waals surface area contributed by atoms with E-state index in [1.165, 1.54) is 31.5 Å². The summed E-state index contributed by atoms with van der Waals surface area (Å²) >= 11 is 1.43. The summed E-state index contributed by atoms with van der Waals surface area (Å²) in [6, 6.07) is 11.6. The van der Waals surface area contributed by atoms with Gasteiger partial charge >= 0.3 is 0 Å². The van der Waals surface area contributed by atoms with Gasteiger partial charge in [-0.15, -0.1) is 0 Å². The van der Waals surface area contributed by atoms with Crippen LogP contribution in [0.2, 0.25) is 0 Å². The Morgan fingerprint density at radius 2 is 1.81 bits per heavy atom. The van der Waals surface area contributed by atoms with Crippen LogP contribution in [0.1, 0.15) is 47.6 Å². The van der Waals surface area contributed by atoms with Crippen LogP contribution in [0.4, 0.5) is 0 Å². The molecule has 0 aliphatic carbocycles. The number of fused-ring (bicyclic) bond motifs is 3. The van der Waals surface area contributed by atoms with Crippen LogP contribution in [0.25, 0.3) is 0 Å². The Labute approximate surface area is 163 Å². The van der Waals surface area contributed by atoms with Crippen LogP contribution in [0.15, 0.2) is 50.8 Å². The van der Waals surface area contributed by atoms with Crippen molar-refractivity contribution < 1.29 is 14.0 Å². The SMILES string of the molecule is CC(=O)c1ccc(Sc2ccc(C(=O)N[C@@H]3C4CCN(CC4)[C@H]3C)cc2)o1. The summed E-state index contributed by atoms with van der Waals surface area (Å²) in [6.45, 7) is 6.01. The highest BCUT2D eigenvalue weighted by atomic mass is 32.2. The third-order valence-corrected chi connectivity index (χ3v) is 6.67. The number of ketones is 1. The second-order valence-electron chi connectivity index (χ2n) is 7.41. The lowest BCUT2D eigenvalue weighted by Crippen LogP contribution is -2.62. The fourth-order valence-electron chi connectivity index (χ4n) is 4.13. The molecule has 0 radical (unpaired) electrons. The molecule has 3 aliphatic rings. The molecule has 3 saturated heterocycles. The second kappa shape index (κ2) is 7.52. The highest BCUT2D eigenvalue weighted by Gasteiger charge is 2.40. The molecule has 0 saturated carbocycles. The second-order valence-corrected chi connectivity index (χ2v) is 8.49. The minimum atomic E-state index is -0.0872. The lowest BCUT2D eigenvalue weighted by Gasteiger charge is -2.49. The number of amides is 1. The lowest BCUT2D eigenvalue weighted by molar-refractivity contribution is 0.0217. The molecule has 2 atom stereocenters. The first-order valence-electron chi connectivity index (χ1n) is 9.45. The molecule has 2 aromatic rings. The van der Waals surface area contributed by atoms with Crippen LogP contribution in [-0.4, -0.2) is 41.8 Å². The molecule has 3 fully saturated rings. The molecule has 5 nitrogen and oxygen atoms in total. The minimum absolute atomic E-state index is 0.00554. The molecular formula is C21H24N2O3S. The molecule has 0 unspecified atom stereocenters. The van der Waals surface area contributed by atoms with Crippen molar-refractivity contribution in [2.24, 2.45) is 5.92 Å². The fourth-order valence-corrected chi connectivity index (χ4v) is 4.91. The summed E-state index contributed by atoms with van der Waals surface area (Å²) in [5.41, 5.74) is 0.673. The van der Waals surface area contributed by atoms with Crippen molar-refractivity contribution in [3.8, 4) is 0 Å². The maximum Gasteiger partial charge on any atom is 0.251 e. The van der Waals surface area contributed by atoms with Gasteiger partial charge in [-0.1, -0.05) is 11.8 Å². The zero-order chi connectivity index (χ0) is 19.0. The number of carbonyl (C=O) groups is 2. The maximum absolute atomic E-state index is 12.7. The summed E-state index contributed by atoms with van der Waals surface area (Å²) < 4.78 is 5.50. The number of piperidine rings is 3. The smallest absolute Gasteiger partial charge is 0.251 e. The van der Waals surface area contributed by atoms with Crippen molar-refractivity contribution in [2.45, 2.75) is 48.8 Å². The van der Waals surface area contributed by atoms with Crippen molar-refractivity contribution in [1.82, 2.24) is 10.2 Å². The molecule has 142 valence electrons. The number of benzene rings is 1. The van der Waals surface area contributed by atoms with Gasteiger partial charge in [-0.3, -0.25) is 14.5 Å². The summed E-state index contributed by atoms with van der Waals surface area (Å²) in [6.07, 6.45) is 2.35. The number of nitrogens with one attached hydrogen (secondary N) is 1. The number of carbonyl (C=O) groups excluding carboxylic acids is 2. The third-order valence-electron chi connectivity index (χ3n) is 5.74. The molecule has 4 heterocycles. The molecule has 1 amide bonds. The Hall–Kier alpha value is -2.05. The van der Waals surface area contributed by atoms with E-state index in [-0.39, 0.29) is 17.7 Å². The van der Waals surface area contributed by atoms with Crippen molar-refractivity contribution in [2.75, 3.05) is 13.1 Å². The molecule has 2 bridgehead atoms. The van der Waals surface area contributed by atoms with Gasteiger partial charge in [0.1, 0.15) is 0 Å². The number of rotatable bonds is 5. The van der Waals surface area contributed by atoms with Crippen LogP contribution in [-0.2, 0) is 0 Å². The van der Waals surface area contributed by atoms with E-state index in [0.29, 0.717) is 28.4 Å². The van der Waals surface area contributed by atoms with Crippen molar-refractivity contribution in [1.29, 1.82) is 0 Å². The Bertz CT molecular complexity index is 835. The van der Waals surface area contributed by atoms with Gasteiger partial charge in [0.25, 0.3) is 5.91 Å². The molecule has 1 aromatic heterocycles. The summed E-state index contributed by atoms with van der Waals surface area (Å²) in [4.78, 5) is 27.4.